The number of pyridine rings is 1. The van der Waals surface area contributed by atoms with Gasteiger partial charge < -0.3 is 15.8 Å². The minimum absolute atomic E-state index is 0.306. The standard InChI is InChI=1S/C31H35N9O/c1-19-11-25-24(7-8-33-30(25)32)20(2)26(19)14-34-28-13-29(36-18-35-28)41-17-23-16-40-31(37-23)22(15-39-9-3-4-10-39)12-27(38-40)21-5-6-21/h7-8,11-13,16,18,21H,3-6,9-10,14-15,17H2,1-2H3,(H2,32,33)(H,34,35,36). The molecule has 1 aliphatic carbocycles. The molecule has 5 heterocycles. The van der Waals surface area contributed by atoms with Crippen LogP contribution in [0.1, 0.15) is 65.2 Å². The zero-order valence-corrected chi connectivity index (χ0v) is 23.6. The third-order valence-electron chi connectivity index (χ3n) is 8.33. The van der Waals surface area contributed by atoms with Gasteiger partial charge in [0.05, 0.1) is 17.6 Å². The average molecular weight is 550 g/mol. The van der Waals surface area contributed by atoms with Crippen LogP contribution >= 0.6 is 0 Å². The third kappa shape index (κ3) is 5.27. The normalized spacial score (nSPS) is 15.7. The van der Waals surface area contributed by atoms with Gasteiger partial charge in [0.1, 0.15) is 24.6 Å². The van der Waals surface area contributed by atoms with Gasteiger partial charge in [-0.15, -0.1) is 0 Å². The van der Waals surface area contributed by atoms with E-state index in [0.29, 0.717) is 36.6 Å². The van der Waals surface area contributed by atoms with Crippen LogP contribution in [0.15, 0.2) is 43.0 Å². The molecule has 41 heavy (non-hydrogen) atoms. The minimum Gasteiger partial charge on any atom is -0.471 e. The summed E-state index contributed by atoms with van der Waals surface area (Å²) in [6.45, 7) is 8.37. The summed E-state index contributed by atoms with van der Waals surface area (Å²) >= 11 is 0. The Morgan fingerprint density at radius 3 is 2.73 bits per heavy atom. The van der Waals surface area contributed by atoms with Crippen LogP contribution in [0.25, 0.3) is 16.4 Å². The van der Waals surface area contributed by atoms with E-state index in [9.17, 15) is 0 Å². The number of nitrogen functional groups attached to an aromatic ring is 1. The van der Waals surface area contributed by atoms with Gasteiger partial charge in [-0.1, -0.05) is 0 Å². The summed E-state index contributed by atoms with van der Waals surface area (Å²) < 4.78 is 8.02. The van der Waals surface area contributed by atoms with Crippen LogP contribution in [-0.2, 0) is 19.7 Å². The molecule has 1 saturated carbocycles. The predicted octanol–water partition coefficient (Wildman–Crippen LogP) is 4.93. The minimum atomic E-state index is 0.306. The number of rotatable bonds is 9. The molecule has 7 rings (SSSR count). The van der Waals surface area contributed by atoms with Crippen molar-refractivity contribution >= 4 is 28.1 Å². The van der Waals surface area contributed by atoms with Crippen molar-refractivity contribution in [3.05, 3.63) is 76.6 Å². The van der Waals surface area contributed by atoms with Gasteiger partial charge in [-0.05, 0) is 92.9 Å². The number of benzene rings is 1. The lowest BCUT2D eigenvalue weighted by atomic mass is 9.96. The number of imidazole rings is 1. The zero-order chi connectivity index (χ0) is 27.9. The number of nitrogens with one attached hydrogen (secondary N) is 1. The molecule has 0 unspecified atom stereocenters. The van der Waals surface area contributed by atoms with Crippen molar-refractivity contribution in [2.75, 3.05) is 24.1 Å². The van der Waals surface area contributed by atoms with E-state index in [2.05, 4.69) is 51.1 Å². The van der Waals surface area contributed by atoms with Crippen molar-refractivity contribution in [3.8, 4) is 5.88 Å². The van der Waals surface area contributed by atoms with Crippen molar-refractivity contribution in [1.82, 2.24) is 34.4 Å². The van der Waals surface area contributed by atoms with Gasteiger partial charge in [0.25, 0.3) is 0 Å². The van der Waals surface area contributed by atoms with Crippen LogP contribution in [0.4, 0.5) is 11.6 Å². The summed E-state index contributed by atoms with van der Waals surface area (Å²) in [6.07, 6.45) is 10.3. The van der Waals surface area contributed by atoms with Gasteiger partial charge in [-0.25, -0.2) is 24.5 Å². The van der Waals surface area contributed by atoms with Crippen LogP contribution in [0, 0.1) is 13.8 Å². The van der Waals surface area contributed by atoms with Gasteiger partial charge in [0.2, 0.25) is 5.88 Å². The smallest absolute Gasteiger partial charge is 0.218 e. The van der Waals surface area contributed by atoms with Gasteiger partial charge in [0, 0.05) is 42.2 Å². The van der Waals surface area contributed by atoms with Crippen molar-refractivity contribution in [1.29, 1.82) is 0 Å². The summed E-state index contributed by atoms with van der Waals surface area (Å²) in [4.78, 5) is 20.4. The third-order valence-corrected chi connectivity index (χ3v) is 8.33. The molecule has 0 amide bonds. The Balaban J connectivity index is 1.06. The van der Waals surface area contributed by atoms with Gasteiger partial charge in [-0.3, -0.25) is 4.90 Å². The first-order valence-corrected chi connectivity index (χ1v) is 14.4. The van der Waals surface area contributed by atoms with Crippen LogP contribution in [-0.4, -0.2) is 47.5 Å². The Bertz CT molecular complexity index is 1740. The van der Waals surface area contributed by atoms with Gasteiger partial charge in [0.15, 0.2) is 5.65 Å². The second-order valence-corrected chi connectivity index (χ2v) is 11.3. The van der Waals surface area contributed by atoms with Crippen molar-refractivity contribution < 1.29 is 4.74 Å². The first kappa shape index (κ1) is 25.6. The molecule has 1 aromatic carbocycles. The molecule has 1 saturated heterocycles. The number of nitrogens with zero attached hydrogens (tertiary/aromatic N) is 7. The maximum absolute atomic E-state index is 6.11. The van der Waals surface area contributed by atoms with Crippen molar-refractivity contribution in [3.63, 3.8) is 0 Å². The summed E-state index contributed by atoms with van der Waals surface area (Å²) in [7, 11) is 0. The highest BCUT2D eigenvalue weighted by Gasteiger charge is 2.27. The van der Waals surface area contributed by atoms with E-state index >= 15 is 0 Å². The molecule has 210 valence electrons. The SMILES string of the molecule is Cc1cc2c(N)nccc2c(C)c1CNc1cc(OCc2cn3nc(C4CC4)cc(CN4CCCC4)c3n2)ncn1. The number of aromatic nitrogens is 6. The Morgan fingerprint density at radius 1 is 1.05 bits per heavy atom. The number of ether oxygens (including phenoxy) is 1. The van der Waals surface area contributed by atoms with E-state index < -0.39 is 0 Å². The lowest BCUT2D eigenvalue weighted by molar-refractivity contribution is 0.289. The molecule has 0 bridgehead atoms. The van der Waals surface area contributed by atoms with E-state index in [4.69, 9.17) is 20.6 Å². The van der Waals surface area contributed by atoms with Gasteiger partial charge in [-0.2, -0.15) is 5.10 Å². The molecule has 10 heteroatoms. The second-order valence-electron chi connectivity index (χ2n) is 11.3. The monoisotopic (exact) mass is 549 g/mol. The molecule has 5 aromatic rings. The quantitative estimate of drug-likeness (QED) is 0.264. The van der Waals surface area contributed by atoms with E-state index in [1.165, 1.54) is 54.4 Å². The molecule has 0 atom stereocenters. The highest BCUT2D eigenvalue weighted by Crippen LogP contribution is 2.39. The summed E-state index contributed by atoms with van der Waals surface area (Å²) in [5, 5.41) is 10.4. The van der Waals surface area contributed by atoms with E-state index in [1.807, 2.05) is 22.8 Å². The maximum atomic E-state index is 6.11. The van der Waals surface area contributed by atoms with Crippen LogP contribution in [0.5, 0.6) is 5.88 Å². The number of fused-ring (bicyclic) bond motifs is 2. The Morgan fingerprint density at radius 2 is 1.90 bits per heavy atom. The van der Waals surface area contributed by atoms with Crippen molar-refractivity contribution in [2.45, 2.75) is 65.1 Å². The molecule has 0 spiro atoms. The predicted molar refractivity (Wildman–Crippen MR) is 159 cm³/mol. The number of hydrogen-bond donors (Lipinski definition) is 2. The fourth-order valence-electron chi connectivity index (χ4n) is 5.90. The fourth-order valence-corrected chi connectivity index (χ4v) is 5.90. The lowest BCUT2D eigenvalue weighted by Gasteiger charge is -2.15. The van der Waals surface area contributed by atoms with Crippen LogP contribution < -0.4 is 15.8 Å². The second kappa shape index (κ2) is 10.6. The number of aryl methyl sites for hydroxylation is 2. The van der Waals surface area contributed by atoms with Gasteiger partial charge >= 0.3 is 0 Å². The van der Waals surface area contributed by atoms with E-state index in [0.717, 1.165) is 47.3 Å². The first-order chi connectivity index (χ1) is 20.0. The molecule has 2 fully saturated rings. The molecule has 4 aromatic heterocycles. The summed E-state index contributed by atoms with van der Waals surface area (Å²) in [6, 6.07) is 8.21. The molecule has 3 N–H and O–H groups in total. The zero-order valence-electron chi connectivity index (χ0n) is 23.6. The highest BCUT2D eigenvalue weighted by molar-refractivity contribution is 5.94. The van der Waals surface area contributed by atoms with Crippen molar-refractivity contribution in [2.24, 2.45) is 0 Å². The largest absolute Gasteiger partial charge is 0.471 e. The number of anilines is 2. The Kier molecular flexibility index (Phi) is 6.62. The lowest BCUT2D eigenvalue weighted by Crippen LogP contribution is -2.19. The molecule has 2 aliphatic rings. The molecular weight excluding hydrogens is 514 g/mol. The Labute approximate surface area is 239 Å². The van der Waals surface area contributed by atoms with Crippen LogP contribution in [0.3, 0.4) is 0 Å². The number of hydrogen-bond acceptors (Lipinski definition) is 9. The topological polar surface area (TPSA) is 119 Å². The number of nitrogens with two attached hydrogens (primary N) is 1. The molecule has 10 nitrogen and oxygen atoms in total. The molecule has 0 radical (unpaired) electrons. The average Bonchev–Trinajstić information content (AvgIpc) is 3.53. The summed E-state index contributed by atoms with van der Waals surface area (Å²) in [5.74, 6) is 2.33. The van der Waals surface area contributed by atoms with E-state index in [1.54, 1.807) is 6.20 Å². The Hall–Kier alpha value is -4.31. The molecule has 1 aliphatic heterocycles. The van der Waals surface area contributed by atoms with E-state index in [-0.39, 0.29) is 0 Å². The molecular formula is C31H35N9O. The highest BCUT2D eigenvalue weighted by atomic mass is 16.5. The fraction of sp³-hybridized carbons (Fsp3) is 0.387. The number of likely N-dealkylation sites (tertiary alicyclic amines) is 1. The first-order valence-electron chi connectivity index (χ1n) is 14.4. The maximum Gasteiger partial charge on any atom is 0.218 e. The van der Waals surface area contributed by atoms with Crippen LogP contribution in [0.2, 0.25) is 0 Å². The summed E-state index contributed by atoms with van der Waals surface area (Å²) in [5.41, 5.74) is 13.8.